The highest BCUT2D eigenvalue weighted by molar-refractivity contribution is 7.99. The fourth-order valence-corrected chi connectivity index (χ4v) is 4.13. The van der Waals surface area contributed by atoms with Crippen LogP contribution in [0.1, 0.15) is 37.8 Å². The maximum Gasteiger partial charge on any atom is 0.0428 e. The highest BCUT2D eigenvalue weighted by Crippen LogP contribution is 2.39. The van der Waals surface area contributed by atoms with Gasteiger partial charge in [-0.3, -0.25) is 0 Å². The van der Waals surface area contributed by atoms with Gasteiger partial charge in [-0.25, -0.2) is 0 Å². The minimum atomic E-state index is 0.590. The van der Waals surface area contributed by atoms with Gasteiger partial charge < -0.3 is 5.32 Å². The SMILES string of the molecule is CC1CCCC1NC1CSc2ccccc21. The summed E-state index contributed by atoms with van der Waals surface area (Å²) in [5, 5.41) is 3.86. The molecule has 3 rings (SSSR count). The van der Waals surface area contributed by atoms with E-state index in [1.807, 2.05) is 11.8 Å². The Morgan fingerprint density at radius 1 is 1.25 bits per heavy atom. The van der Waals surface area contributed by atoms with E-state index in [9.17, 15) is 0 Å². The van der Waals surface area contributed by atoms with Crippen molar-refractivity contribution < 1.29 is 0 Å². The molecule has 2 aliphatic rings. The third-order valence-electron chi connectivity index (χ3n) is 3.98. The van der Waals surface area contributed by atoms with Crippen LogP contribution in [0.3, 0.4) is 0 Å². The Morgan fingerprint density at radius 3 is 2.94 bits per heavy atom. The molecule has 1 N–H and O–H groups in total. The van der Waals surface area contributed by atoms with Gasteiger partial charge in [-0.05, 0) is 30.4 Å². The molecule has 1 heterocycles. The molecule has 2 heteroatoms. The third-order valence-corrected chi connectivity index (χ3v) is 5.16. The van der Waals surface area contributed by atoms with Gasteiger partial charge in [-0.15, -0.1) is 11.8 Å². The van der Waals surface area contributed by atoms with Gasteiger partial charge in [0, 0.05) is 22.7 Å². The summed E-state index contributed by atoms with van der Waals surface area (Å²) in [6.45, 7) is 2.39. The fraction of sp³-hybridized carbons (Fsp3) is 0.571. The summed E-state index contributed by atoms with van der Waals surface area (Å²) in [7, 11) is 0. The number of hydrogen-bond acceptors (Lipinski definition) is 2. The molecule has 0 radical (unpaired) electrons. The molecule has 86 valence electrons. The number of rotatable bonds is 2. The zero-order valence-corrected chi connectivity index (χ0v) is 10.6. The normalized spacial score (nSPS) is 32.9. The van der Waals surface area contributed by atoms with E-state index in [2.05, 4.69) is 36.5 Å². The smallest absolute Gasteiger partial charge is 0.0428 e. The maximum absolute atomic E-state index is 3.86. The van der Waals surface area contributed by atoms with Crippen LogP contribution in [0.2, 0.25) is 0 Å². The van der Waals surface area contributed by atoms with Crippen LogP contribution in [0.15, 0.2) is 29.2 Å². The molecule has 3 atom stereocenters. The first-order valence-corrected chi connectivity index (χ1v) is 7.31. The first kappa shape index (κ1) is 10.7. The van der Waals surface area contributed by atoms with Gasteiger partial charge in [-0.2, -0.15) is 0 Å². The lowest BCUT2D eigenvalue weighted by atomic mass is 10.0. The molecule has 1 fully saturated rings. The van der Waals surface area contributed by atoms with Crippen molar-refractivity contribution in [2.45, 2.75) is 43.2 Å². The molecule has 1 aromatic rings. The standard InChI is InChI=1S/C14H19NS/c1-10-5-4-7-12(10)15-13-9-16-14-8-3-2-6-11(13)14/h2-3,6,8,10,12-13,15H,4-5,7,9H2,1H3. The lowest BCUT2D eigenvalue weighted by molar-refractivity contribution is 0.392. The quantitative estimate of drug-likeness (QED) is 0.837. The molecule has 1 saturated carbocycles. The van der Waals surface area contributed by atoms with Crippen molar-refractivity contribution in [3.63, 3.8) is 0 Å². The predicted molar refractivity (Wildman–Crippen MR) is 69.8 cm³/mol. The molecule has 16 heavy (non-hydrogen) atoms. The molecule has 0 bridgehead atoms. The van der Waals surface area contributed by atoms with Gasteiger partial charge in [0.2, 0.25) is 0 Å². The lowest BCUT2D eigenvalue weighted by Gasteiger charge is -2.22. The molecular weight excluding hydrogens is 214 g/mol. The van der Waals surface area contributed by atoms with E-state index < -0.39 is 0 Å². The molecule has 0 aromatic heterocycles. The molecule has 1 aromatic carbocycles. The van der Waals surface area contributed by atoms with Crippen molar-refractivity contribution in [3.05, 3.63) is 29.8 Å². The zero-order chi connectivity index (χ0) is 11.0. The van der Waals surface area contributed by atoms with E-state index in [0.717, 1.165) is 12.0 Å². The second-order valence-electron chi connectivity index (χ2n) is 5.08. The Morgan fingerprint density at radius 2 is 2.12 bits per heavy atom. The van der Waals surface area contributed by atoms with Crippen molar-refractivity contribution in [1.29, 1.82) is 0 Å². The summed E-state index contributed by atoms with van der Waals surface area (Å²) in [6.07, 6.45) is 4.17. The number of benzene rings is 1. The zero-order valence-electron chi connectivity index (χ0n) is 9.78. The molecule has 3 unspecified atom stereocenters. The van der Waals surface area contributed by atoms with Crippen LogP contribution in [0.5, 0.6) is 0 Å². The van der Waals surface area contributed by atoms with E-state index in [-0.39, 0.29) is 0 Å². The number of thioether (sulfide) groups is 1. The van der Waals surface area contributed by atoms with Gasteiger partial charge >= 0.3 is 0 Å². The Kier molecular flexibility index (Phi) is 2.95. The lowest BCUT2D eigenvalue weighted by Crippen LogP contribution is -2.34. The minimum Gasteiger partial charge on any atom is -0.306 e. The van der Waals surface area contributed by atoms with Crippen molar-refractivity contribution >= 4 is 11.8 Å². The Balaban J connectivity index is 1.73. The Hall–Kier alpha value is -0.470. The van der Waals surface area contributed by atoms with Gasteiger partial charge in [-0.1, -0.05) is 31.5 Å². The molecule has 1 aliphatic heterocycles. The van der Waals surface area contributed by atoms with E-state index >= 15 is 0 Å². The summed E-state index contributed by atoms with van der Waals surface area (Å²) in [6, 6.07) is 10.2. The number of fused-ring (bicyclic) bond motifs is 1. The maximum atomic E-state index is 3.86. The fourth-order valence-electron chi connectivity index (χ4n) is 2.95. The predicted octanol–water partition coefficient (Wildman–Crippen LogP) is 3.61. The Bertz CT molecular complexity index is 377. The monoisotopic (exact) mass is 233 g/mol. The first-order chi connectivity index (χ1) is 7.84. The van der Waals surface area contributed by atoms with Crippen molar-refractivity contribution in [2.75, 3.05) is 5.75 Å². The molecule has 1 aliphatic carbocycles. The van der Waals surface area contributed by atoms with Crippen LogP contribution < -0.4 is 5.32 Å². The van der Waals surface area contributed by atoms with E-state index in [0.29, 0.717) is 6.04 Å². The van der Waals surface area contributed by atoms with E-state index in [4.69, 9.17) is 0 Å². The highest BCUT2D eigenvalue weighted by atomic mass is 32.2. The van der Waals surface area contributed by atoms with Gasteiger partial charge in [0.05, 0.1) is 0 Å². The van der Waals surface area contributed by atoms with Crippen molar-refractivity contribution in [2.24, 2.45) is 5.92 Å². The van der Waals surface area contributed by atoms with Crippen LogP contribution >= 0.6 is 11.8 Å². The summed E-state index contributed by atoms with van der Waals surface area (Å²) < 4.78 is 0. The second-order valence-corrected chi connectivity index (χ2v) is 6.14. The topological polar surface area (TPSA) is 12.0 Å². The van der Waals surface area contributed by atoms with E-state index in [1.165, 1.54) is 35.5 Å². The van der Waals surface area contributed by atoms with Gasteiger partial charge in [0.1, 0.15) is 0 Å². The van der Waals surface area contributed by atoms with Crippen molar-refractivity contribution in [3.8, 4) is 0 Å². The average molecular weight is 233 g/mol. The third kappa shape index (κ3) is 1.89. The average Bonchev–Trinajstić information content (AvgIpc) is 2.88. The minimum absolute atomic E-state index is 0.590. The molecular formula is C14H19NS. The van der Waals surface area contributed by atoms with Crippen LogP contribution in [-0.4, -0.2) is 11.8 Å². The number of hydrogen-bond donors (Lipinski definition) is 1. The van der Waals surface area contributed by atoms with Crippen molar-refractivity contribution in [1.82, 2.24) is 5.32 Å². The van der Waals surface area contributed by atoms with E-state index in [1.54, 1.807) is 0 Å². The summed E-state index contributed by atoms with van der Waals surface area (Å²) in [5.41, 5.74) is 1.52. The van der Waals surface area contributed by atoms with Crippen LogP contribution in [0.25, 0.3) is 0 Å². The molecule has 0 spiro atoms. The summed E-state index contributed by atoms with van der Waals surface area (Å²) >= 11 is 2.00. The molecule has 0 amide bonds. The number of nitrogens with one attached hydrogen (secondary N) is 1. The van der Waals surface area contributed by atoms with Crippen LogP contribution in [-0.2, 0) is 0 Å². The largest absolute Gasteiger partial charge is 0.306 e. The first-order valence-electron chi connectivity index (χ1n) is 6.32. The summed E-state index contributed by atoms with van der Waals surface area (Å²) in [5.74, 6) is 2.07. The second kappa shape index (κ2) is 4.42. The Labute approximate surface area is 102 Å². The van der Waals surface area contributed by atoms with Gasteiger partial charge in [0.15, 0.2) is 0 Å². The highest BCUT2D eigenvalue weighted by Gasteiger charge is 2.29. The summed E-state index contributed by atoms with van der Waals surface area (Å²) in [4.78, 5) is 1.48. The van der Waals surface area contributed by atoms with Crippen LogP contribution in [0, 0.1) is 5.92 Å². The van der Waals surface area contributed by atoms with Crippen LogP contribution in [0.4, 0.5) is 0 Å². The molecule has 0 saturated heterocycles. The molecule has 1 nitrogen and oxygen atoms in total. The van der Waals surface area contributed by atoms with Gasteiger partial charge in [0.25, 0.3) is 0 Å².